The van der Waals surface area contributed by atoms with Gasteiger partial charge in [0, 0.05) is 22.4 Å². The maximum absolute atomic E-state index is 12.0. The largest absolute Gasteiger partial charge is 0.611 e. The van der Waals surface area contributed by atoms with Gasteiger partial charge in [-0.2, -0.15) is 0 Å². The van der Waals surface area contributed by atoms with Crippen LogP contribution < -0.4 is 4.74 Å². The zero-order chi connectivity index (χ0) is 19.7. The van der Waals surface area contributed by atoms with Crippen LogP contribution in [0.15, 0.2) is 66.5 Å². The molecule has 2 heterocycles. The van der Waals surface area contributed by atoms with Gasteiger partial charge < -0.3 is 18.1 Å². The van der Waals surface area contributed by atoms with Crippen molar-refractivity contribution in [3.63, 3.8) is 0 Å². The van der Waals surface area contributed by atoms with Gasteiger partial charge >= 0.3 is 0 Å². The average Bonchev–Trinajstić information content (AvgIpc) is 3.33. The fraction of sp³-hybridized carbons (Fsp3) is 0.143. The Hall–Kier alpha value is -1.80. The van der Waals surface area contributed by atoms with Crippen molar-refractivity contribution in [2.24, 2.45) is 0 Å². The van der Waals surface area contributed by atoms with E-state index < -0.39 is 11.2 Å². The summed E-state index contributed by atoms with van der Waals surface area (Å²) in [6, 6.07) is 11.8. The molecular weight excluding hydrogens is 460 g/mol. The second-order valence-corrected chi connectivity index (χ2v) is 9.46. The molecule has 0 fully saturated rings. The number of thioether (sulfide) groups is 1. The highest BCUT2D eigenvalue weighted by Crippen LogP contribution is 2.35. The molecule has 0 aliphatic rings. The first kappa shape index (κ1) is 19.5. The number of benzene rings is 2. The van der Waals surface area contributed by atoms with E-state index in [0.29, 0.717) is 17.9 Å². The van der Waals surface area contributed by atoms with Gasteiger partial charge in [0.05, 0.1) is 17.0 Å². The molecule has 28 heavy (non-hydrogen) atoms. The number of halogens is 1. The van der Waals surface area contributed by atoms with E-state index in [2.05, 4.69) is 15.9 Å². The van der Waals surface area contributed by atoms with Crippen LogP contribution in [0.25, 0.3) is 28.0 Å². The number of hydrogen-bond acceptors (Lipinski definition) is 5. The topological polar surface area (TPSA) is 58.6 Å². The molecule has 4 aromatic rings. The van der Waals surface area contributed by atoms with Crippen LogP contribution in [0.1, 0.15) is 11.1 Å². The SMILES string of the molecule is CSC(=Cc1ccc2ccoc2c1OCc1cc(Br)c2occc2c1)[S+](C)[O-]. The molecule has 0 aliphatic heterocycles. The van der Waals surface area contributed by atoms with E-state index in [1.165, 1.54) is 11.8 Å². The Balaban J connectivity index is 1.72. The van der Waals surface area contributed by atoms with Crippen LogP contribution in [0.4, 0.5) is 0 Å². The van der Waals surface area contributed by atoms with E-state index >= 15 is 0 Å². The van der Waals surface area contributed by atoms with E-state index in [0.717, 1.165) is 36.2 Å². The molecule has 0 saturated carbocycles. The summed E-state index contributed by atoms with van der Waals surface area (Å²) in [5.74, 6) is 0.642. The first-order valence-electron chi connectivity index (χ1n) is 8.44. The van der Waals surface area contributed by atoms with Crippen LogP contribution >= 0.6 is 27.7 Å². The van der Waals surface area contributed by atoms with Crippen molar-refractivity contribution in [2.45, 2.75) is 6.61 Å². The van der Waals surface area contributed by atoms with Crippen LogP contribution in [-0.4, -0.2) is 17.1 Å². The summed E-state index contributed by atoms with van der Waals surface area (Å²) in [5, 5.41) is 1.97. The van der Waals surface area contributed by atoms with Gasteiger partial charge in [-0.3, -0.25) is 0 Å². The van der Waals surface area contributed by atoms with Gasteiger partial charge in [-0.1, -0.05) is 23.9 Å². The third kappa shape index (κ3) is 3.85. The van der Waals surface area contributed by atoms with Gasteiger partial charge in [0.15, 0.2) is 15.6 Å². The molecule has 2 aromatic carbocycles. The van der Waals surface area contributed by atoms with Crippen molar-refractivity contribution in [2.75, 3.05) is 12.5 Å². The Morgan fingerprint density at radius 1 is 1.14 bits per heavy atom. The summed E-state index contributed by atoms with van der Waals surface area (Å²) in [6.07, 6.45) is 8.80. The van der Waals surface area contributed by atoms with Crippen molar-refractivity contribution >= 4 is 66.9 Å². The predicted octanol–water partition coefficient (Wildman–Crippen LogP) is 6.56. The molecule has 0 radical (unpaired) electrons. The second kappa shape index (κ2) is 8.29. The van der Waals surface area contributed by atoms with Gasteiger partial charge in [-0.25, -0.2) is 0 Å². The van der Waals surface area contributed by atoms with E-state index in [4.69, 9.17) is 13.6 Å². The van der Waals surface area contributed by atoms with Crippen LogP contribution in [0.2, 0.25) is 0 Å². The summed E-state index contributed by atoms with van der Waals surface area (Å²) < 4.78 is 31.0. The number of fused-ring (bicyclic) bond motifs is 2. The van der Waals surface area contributed by atoms with Crippen molar-refractivity contribution in [3.05, 3.63) is 68.8 Å². The molecule has 0 aliphatic carbocycles. The van der Waals surface area contributed by atoms with E-state index in [1.807, 2.05) is 48.7 Å². The Bertz CT molecular complexity index is 1160. The zero-order valence-corrected chi connectivity index (χ0v) is 18.4. The lowest BCUT2D eigenvalue weighted by molar-refractivity contribution is 0.304. The molecule has 4 rings (SSSR count). The lowest BCUT2D eigenvalue weighted by Gasteiger charge is -2.12. The second-order valence-electron chi connectivity index (χ2n) is 6.15. The molecule has 7 heteroatoms. The van der Waals surface area contributed by atoms with Crippen LogP contribution in [0.3, 0.4) is 0 Å². The van der Waals surface area contributed by atoms with E-state index in [-0.39, 0.29) is 0 Å². The monoisotopic (exact) mass is 476 g/mol. The number of hydrogen-bond donors (Lipinski definition) is 0. The van der Waals surface area contributed by atoms with Gasteiger partial charge in [0.25, 0.3) is 0 Å². The van der Waals surface area contributed by atoms with E-state index in [1.54, 1.807) is 18.8 Å². The summed E-state index contributed by atoms with van der Waals surface area (Å²) in [6.45, 7) is 0.365. The maximum atomic E-state index is 12.0. The molecule has 2 aromatic heterocycles. The minimum atomic E-state index is -1.07. The van der Waals surface area contributed by atoms with Crippen LogP contribution in [0.5, 0.6) is 5.75 Å². The van der Waals surface area contributed by atoms with Gasteiger partial charge in [-0.05, 0) is 63.2 Å². The first-order valence-corrected chi connectivity index (χ1v) is 12.0. The van der Waals surface area contributed by atoms with Gasteiger partial charge in [0.1, 0.15) is 18.4 Å². The molecular formula is C21H17BrO4S2. The summed E-state index contributed by atoms with van der Waals surface area (Å²) in [4.78, 5) is 0. The third-order valence-electron chi connectivity index (χ3n) is 4.31. The van der Waals surface area contributed by atoms with Crippen molar-refractivity contribution in [1.82, 2.24) is 0 Å². The number of furan rings is 2. The smallest absolute Gasteiger partial charge is 0.186 e. The minimum Gasteiger partial charge on any atom is -0.611 e. The Morgan fingerprint density at radius 3 is 2.64 bits per heavy atom. The first-order chi connectivity index (χ1) is 13.6. The summed E-state index contributed by atoms with van der Waals surface area (Å²) >= 11 is 3.94. The Morgan fingerprint density at radius 2 is 1.89 bits per heavy atom. The third-order valence-corrected chi connectivity index (χ3v) is 7.31. The molecule has 0 spiro atoms. The standard InChI is InChI=1S/C21H17BrO4S2/c1-27-18(28(2)23)11-15-4-3-14-5-7-25-20(14)21(15)26-12-13-9-16-6-8-24-19(16)17(22)10-13/h3-11H,12H2,1-2H3. The fourth-order valence-electron chi connectivity index (χ4n) is 3.01. The van der Waals surface area contributed by atoms with Crippen LogP contribution in [0, 0.1) is 0 Å². The molecule has 0 amide bonds. The van der Waals surface area contributed by atoms with Gasteiger partial charge in [0.2, 0.25) is 0 Å². The molecule has 0 saturated heterocycles. The van der Waals surface area contributed by atoms with Crippen molar-refractivity contribution in [3.8, 4) is 5.75 Å². The van der Waals surface area contributed by atoms with Crippen molar-refractivity contribution < 1.29 is 18.1 Å². The fourth-order valence-corrected chi connectivity index (χ4v) is 5.10. The molecule has 1 unspecified atom stereocenters. The highest BCUT2D eigenvalue weighted by molar-refractivity contribution is 9.10. The highest BCUT2D eigenvalue weighted by Gasteiger charge is 2.15. The summed E-state index contributed by atoms with van der Waals surface area (Å²) in [7, 11) is 0. The lowest BCUT2D eigenvalue weighted by atomic mass is 10.1. The van der Waals surface area contributed by atoms with Crippen LogP contribution in [-0.2, 0) is 17.8 Å². The maximum Gasteiger partial charge on any atom is 0.186 e. The average molecular weight is 477 g/mol. The molecule has 0 bridgehead atoms. The molecule has 4 nitrogen and oxygen atoms in total. The van der Waals surface area contributed by atoms with Crippen molar-refractivity contribution in [1.29, 1.82) is 0 Å². The molecule has 0 N–H and O–H groups in total. The molecule has 144 valence electrons. The quantitative estimate of drug-likeness (QED) is 0.295. The van der Waals surface area contributed by atoms with Gasteiger partial charge in [-0.15, -0.1) is 0 Å². The lowest BCUT2D eigenvalue weighted by Crippen LogP contribution is -2.00. The van der Waals surface area contributed by atoms with E-state index in [9.17, 15) is 4.55 Å². The predicted molar refractivity (Wildman–Crippen MR) is 120 cm³/mol. The minimum absolute atomic E-state index is 0.365. The Labute approximate surface area is 178 Å². The zero-order valence-electron chi connectivity index (χ0n) is 15.2. The molecule has 1 atom stereocenters. The normalized spacial score (nSPS) is 13.4. The Kier molecular flexibility index (Phi) is 5.78. The number of rotatable bonds is 6. The summed E-state index contributed by atoms with van der Waals surface area (Å²) in [5.41, 5.74) is 3.34. The number of ether oxygens (including phenoxy) is 1. The highest BCUT2D eigenvalue weighted by atomic mass is 79.9.